The summed E-state index contributed by atoms with van der Waals surface area (Å²) >= 11 is 0. The monoisotopic (exact) mass is 414 g/mol. The normalized spacial score (nSPS) is 12.5. The minimum atomic E-state index is -0.880. The van der Waals surface area contributed by atoms with Gasteiger partial charge in [-0.1, -0.05) is 0 Å². The maximum atomic E-state index is 9.26. The van der Waals surface area contributed by atoms with Gasteiger partial charge >= 0.3 is 0 Å². The second-order valence-corrected chi connectivity index (χ2v) is 5.38. The fourth-order valence-electron chi connectivity index (χ4n) is 1.81. The Balaban J connectivity index is 3.01. The number of hydrogen-bond acceptors (Lipinski definition) is 10. The van der Waals surface area contributed by atoms with Crippen molar-refractivity contribution in [1.82, 2.24) is 0 Å². The second-order valence-electron chi connectivity index (χ2n) is 5.38. The second kappa shape index (κ2) is 24.6. The van der Waals surface area contributed by atoms with Gasteiger partial charge in [0.25, 0.3) is 0 Å². The highest BCUT2D eigenvalue weighted by molar-refractivity contribution is 4.39. The van der Waals surface area contributed by atoms with Gasteiger partial charge < -0.3 is 48.1 Å². The van der Waals surface area contributed by atoms with Crippen LogP contribution in [0.15, 0.2) is 0 Å². The molecule has 0 amide bonds. The highest BCUT2D eigenvalue weighted by Gasteiger charge is 2.01. The van der Waals surface area contributed by atoms with Crippen molar-refractivity contribution in [1.29, 1.82) is 0 Å². The molecule has 0 aliphatic carbocycles. The van der Waals surface area contributed by atoms with Gasteiger partial charge in [-0.15, -0.1) is 0 Å². The summed E-state index contributed by atoms with van der Waals surface area (Å²) < 4.78 is 41.9. The van der Waals surface area contributed by atoms with Crippen LogP contribution in [-0.2, 0) is 37.9 Å². The van der Waals surface area contributed by atoms with E-state index in [2.05, 4.69) is 0 Å². The minimum absolute atomic E-state index is 0.0273. The maximum Gasteiger partial charge on any atom is 0.178 e. The molecular weight excluding hydrogens is 376 g/mol. The molecule has 0 aliphatic heterocycles. The topological polar surface area (TPSA) is 114 Å². The molecule has 1 unspecified atom stereocenters. The molecule has 0 saturated heterocycles. The Hall–Kier alpha value is -0.400. The highest BCUT2D eigenvalue weighted by atomic mass is 16.6. The number of rotatable bonds is 24. The fourth-order valence-corrected chi connectivity index (χ4v) is 1.81. The molecule has 170 valence electrons. The van der Waals surface area contributed by atoms with Gasteiger partial charge in [-0.2, -0.15) is 0 Å². The van der Waals surface area contributed by atoms with Crippen LogP contribution in [0.3, 0.4) is 0 Å². The number of aliphatic hydroxyl groups is 2. The smallest absolute Gasteiger partial charge is 0.178 e. The average molecular weight is 414 g/mol. The first kappa shape index (κ1) is 27.6. The number of aliphatic hydroxyl groups excluding tert-OH is 2. The predicted molar refractivity (Wildman–Crippen MR) is 100 cm³/mol. The van der Waals surface area contributed by atoms with Gasteiger partial charge in [-0.05, 0) is 6.92 Å². The Morgan fingerprint density at radius 1 is 0.536 bits per heavy atom. The standard InChI is InChI=1S/C18H38O10/c1-2-28-18(20)17-27-16-15-26-14-13-25-12-11-24-10-9-23-8-7-22-6-5-21-4-3-19/h18-20H,2-17H2,1H3. The number of ether oxygens (including phenoxy) is 8. The highest BCUT2D eigenvalue weighted by Crippen LogP contribution is 1.89. The van der Waals surface area contributed by atoms with Crippen LogP contribution < -0.4 is 0 Å². The van der Waals surface area contributed by atoms with Crippen molar-refractivity contribution in [2.45, 2.75) is 13.2 Å². The van der Waals surface area contributed by atoms with Crippen LogP contribution in [0.4, 0.5) is 0 Å². The summed E-state index contributed by atoms with van der Waals surface area (Å²) in [6.45, 7) is 8.55. The van der Waals surface area contributed by atoms with Crippen molar-refractivity contribution in [2.24, 2.45) is 0 Å². The maximum absolute atomic E-state index is 9.26. The van der Waals surface area contributed by atoms with Crippen LogP contribution in [0.25, 0.3) is 0 Å². The van der Waals surface area contributed by atoms with Crippen LogP contribution in [0.1, 0.15) is 6.92 Å². The van der Waals surface area contributed by atoms with Gasteiger partial charge in [0.1, 0.15) is 0 Å². The van der Waals surface area contributed by atoms with Crippen molar-refractivity contribution < 1.29 is 48.1 Å². The zero-order valence-corrected chi connectivity index (χ0v) is 17.1. The lowest BCUT2D eigenvalue weighted by molar-refractivity contribution is -0.138. The average Bonchev–Trinajstić information content (AvgIpc) is 2.69. The Morgan fingerprint density at radius 3 is 1.18 bits per heavy atom. The van der Waals surface area contributed by atoms with Crippen molar-refractivity contribution in [2.75, 3.05) is 106 Å². The van der Waals surface area contributed by atoms with Gasteiger partial charge in [-0.25, -0.2) is 0 Å². The molecule has 2 N–H and O–H groups in total. The van der Waals surface area contributed by atoms with E-state index in [0.717, 1.165) is 0 Å². The Bertz CT molecular complexity index is 283. The first-order valence-electron chi connectivity index (χ1n) is 9.76. The van der Waals surface area contributed by atoms with E-state index < -0.39 is 6.29 Å². The summed E-state index contributed by atoms with van der Waals surface area (Å²) in [7, 11) is 0. The predicted octanol–water partition coefficient (Wildman–Crippen LogP) is -0.550. The first-order chi connectivity index (χ1) is 13.8. The van der Waals surface area contributed by atoms with Crippen molar-refractivity contribution in [3.8, 4) is 0 Å². The van der Waals surface area contributed by atoms with Gasteiger partial charge in [0, 0.05) is 6.61 Å². The van der Waals surface area contributed by atoms with Gasteiger partial charge in [0.05, 0.1) is 99.1 Å². The first-order valence-corrected chi connectivity index (χ1v) is 9.76. The van der Waals surface area contributed by atoms with Crippen LogP contribution in [0, 0.1) is 0 Å². The van der Waals surface area contributed by atoms with E-state index >= 15 is 0 Å². The summed E-state index contributed by atoms with van der Waals surface area (Å²) in [6.07, 6.45) is -0.880. The number of hydrogen-bond donors (Lipinski definition) is 2. The summed E-state index contributed by atoms with van der Waals surface area (Å²) in [5.41, 5.74) is 0. The minimum Gasteiger partial charge on any atom is -0.394 e. The van der Waals surface area contributed by atoms with Crippen molar-refractivity contribution >= 4 is 0 Å². The molecule has 0 bridgehead atoms. The summed E-state index contributed by atoms with van der Waals surface area (Å²) in [6, 6.07) is 0. The molecule has 10 nitrogen and oxygen atoms in total. The zero-order valence-electron chi connectivity index (χ0n) is 17.1. The van der Waals surface area contributed by atoms with E-state index in [1.54, 1.807) is 0 Å². The lowest BCUT2D eigenvalue weighted by Crippen LogP contribution is -2.20. The zero-order chi connectivity index (χ0) is 20.5. The van der Waals surface area contributed by atoms with E-state index in [-0.39, 0.29) is 13.2 Å². The summed E-state index contributed by atoms with van der Waals surface area (Å²) in [4.78, 5) is 0. The van der Waals surface area contributed by atoms with Crippen LogP contribution in [0.5, 0.6) is 0 Å². The van der Waals surface area contributed by atoms with E-state index in [0.29, 0.717) is 92.5 Å². The Kier molecular flexibility index (Phi) is 24.3. The Labute approximate surface area is 167 Å². The molecule has 0 aromatic heterocycles. The molecule has 0 spiro atoms. The Morgan fingerprint density at radius 2 is 0.857 bits per heavy atom. The van der Waals surface area contributed by atoms with E-state index in [9.17, 15) is 5.11 Å². The molecule has 28 heavy (non-hydrogen) atoms. The molecule has 0 heterocycles. The molecular formula is C18H38O10. The van der Waals surface area contributed by atoms with Crippen LogP contribution in [0.2, 0.25) is 0 Å². The molecule has 0 rings (SSSR count). The molecule has 0 radical (unpaired) electrons. The quantitative estimate of drug-likeness (QED) is 0.157. The fraction of sp³-hybridized carbons (Fsp3) is 1.00. The molecule has 10 heteroatoms. The van der Waals surface area contributed by atoms with Gasteiger partial charge in [0.2, 0.25) is 0 Å². The molecule has 0 fully saturated rings. The van der Waals surface area contributed by atoms with Crippen LogP contribution >= 0.6 is 0 Å². The molecule has 0 aromatic carbocycles. The largest absolute Gasteiger partial charge is 0.394 e. The molecule has 0 saturated carbocycles. The van der Waals surface area contributed by atoms with Gasteiger partial charge in [0.15, 0.2) is 6.29 Å². The van der Waals surface area contributed by atoms with E-state index in [4.69, 9.17) is 43.0 Å². The lowest BCUT2D eigenvalue weighted by atomic mass is 10.6. The SMILES string of the molecule is CCOC(O)COCCOCCOCCOCCOCCOCCOCCO. The van der Waals surface area contributed by atoms with E-state index in [1.807, 2.05) is 6.92 Å². The third-order valence-electron chi connectivity index (χ3n) is 3.09. The molecule has 1 atom stereocenters. The molecule has 0 aromatic rings. The van der Waals surface area contributed by atoms with Gasteiger partial charge in [-0.3, -0.25) is 0 Å². The summed E-state index contributed by atoms with van der Waals surface area (Å²) in [5.74, 6) is 0. The van der Waals surface area contributed by atoms with Crippen LogP contribution in [-0.4, -0.2) is 122 Å². The molecule has 0 aliphatic rings. The van der Waals surface area contributed by atoms with Crippen molar-refractivity contribution in [3.05, 3.63) is 0 Å². The third kappa shape index (κ3) is 23.6. The van der Waals surface area contributed by atoms with Crippen molar-refractivity contribution in [3.63, 3.8) is 0 Å². The summed E-state index contributed by atoms with van der Waals surface area (Å²) in [5, 5.41) is 17.8. The van der Waals surface area contributed by atoms with E-state index in [1.165, 1.54) is 0 Å². The third-order valence-corrected chi connectivity index (χ3v) is 3.09. The lowest BCUT2D eigenvalue weighted by Gasteiger charge is -2.11.